The first-order chi connectivity index (χ1) is 6.83. The number of hydrogen-bond acceptors (Lipinski definition) is 1. The van der Waals surface area contributed by atoms with Crippen molar-refractivity contribution in [2.24, 2.45) is 0 Å². The fourth-order valence-corrected chi connectivity index (χ4v) is 1.26. The Morgan fingerprint density at radius 3 is 2.71 bits per heavy atom. The van der Waals surface area contributed by atoms with E-state index in [9.17, 15) is 0 Å². The van der Waals surface area contributed by atoms with Gasteiger partial charge in [0.05, 0.1) is 0 Å². The molecule has 0 saturated carbocycles. The molecule has 0 aliphatic rings. The van der Waals surface area contributed by atoms with E-state index in [-0.39, 0.29) is 0 Å². The van der Waals surface area contributed by atoms with Crippen LogP contribution in [0.2, 0.25) is 0 Å². The summed E-state index contributed by atoms with van der Waals surface area (Å²) < 4.78 is 0. The van der Waals surface area contributed by atoms with Gasteiger partial charge in [0, 0.05) is 13.1 Å². The lowest BCUT2D eigenvalue weighted by Gasteiger charge is -2.04. The summed E-state index contributed by atoms with van der Waals surface area (Å²) in [6, 6.07) is 10.4. The van der Waals surface area contributed by atoms with Crippen molar-refractivity contribution in [2.45, 2.75) is 13.5 Å². The van der Waals surface area contributed by atoms with Gasteiger partial charge in [-0.15, -0.1) is 0 Å². The molecule has 0 heterocycles. The molecule has 0 saturated heterocycles. The number of benzene rings is 1. The minimum Gasteiger partial charge on any atom is -0.309 e. The van der Waals surface area contributed by atoms with Crippen molar-refractivity contribution in [3.63, 3.8) is 0 Å². The zero-order chi connectivity index (χ0) is 10.2. The normalized spacial score (nSPS) is 11.4. The predicted molar refractivity (Wildman–Crippen MR) is 62.1 cm³/mol. The fourth-order valence-electron chi connectivity index (χ4n) is 1.26. The van der Waals surface area contributed by atoms with Crippen molar-refractivity contribution in [3.05, 3.63) is 60.2 Å². The molecule has 0 bridgehead atoms. The SMILES string of the molecule is C=C/C=C(\C)CNCc1ccccc1. The highest BCUT2D eigenvalue weighted by atomic mass is 14.8. The molecule has 0 spiro atoms. The summed E-state index contributed by atoms with van der Waals surface area (Å²) >= 11 is 0. The zero-order valence-corrected chi connectivity index (χ0v) is 8.66. The van der Waals surface area contributed by atoms with Crippen molar-refractivity contribution in [1.82, 2.24) is 5.32 Å². The highest BCUT2D eigenvalue weighted by Crippen LogP contribution is 1.98. The highest BCUT2D eigenvalue weighted by Gasteiger charge is 1.90. The summed E-state index contributed by atoms with van der Waals surface area (Å²) in [5.41, 5.74) is 2.62. The smallest absolute Gasteiger partial charge is 0.0208 e. The maximum atomic E-state index is 3.66. The molecule has 0 aliphatic carbocycles. The molecular weight excluding hydrogens is 170 g/mol. The Balaban J connectivity index is 2.29. The Bertz CT molecular complexity index is 298. The zero-order valence-electron chi connectivity index (χ0n) is 8.66. The Morgan fingerprint density at radius 2 is 2.07 bits per heavy atom. The van der Waals surface area contributed by atoms with E-state index in [1.165, 1.54) is 11.1 Å². The lowest BCUT2D eigenvalue weighted by molar-refractivity contribution is 0.740. The molecule has 0 aromatic heterocycles. The second kappa shape index (κ2) is 6.17. The average molecular weight is 187 g/mol. The highest BCUT2D eigenvalue weighted by molar-refractivity contribution is 5.15. The van der Waals surface area contributed by atoms with E-state index in [0.29, 0.717) is 0 Å². The van der Waals surface area contributed by atoms with Crippen molar-refractivity contribution < 1.29 is 0 Å². The van der Waals surface area contributed by atoms with Gasteiger partial charge in [0.25, 0.3) is 0 Å². The van der Waals surface area contributed by atoms with E-state index in [2.05, 4.69) is 43.1 Å². The quantitative estimate of drug-likeness (QED) is 0.699. The van der Waals surface area contributed by atoms with Gasteiger partial charge in [0.15, 0.2) is 0 Å². The third-order valence-corrected chi connectivity index (χ3v) is 1.98. The topological polar surface area (TPSA) is 12.0 Å². The fraction of sp³-hybridized carbons (Fsp3) is 0.231. The van der Waals surface area contributed by atoms with Crippen LogP contribution in [-0.4, -0.2) is 6.54 Å². The number of hydrogen-bond donors (Lipinski definition) is 1. The average Bonchev–Trinajstić information content (AvgIpc) is 2.20. The Labute approximate surface area is 86.2 Å². The number of allylic oxidation sites excluding steroid dienone is 2. The third kappa shape index (κ3) is 4.06. The van der Waals surface area contributed by atoms with Gasteiger partial charge in [-0.2, -0.15) is 0 Å². The maximum absolute atomic E-state index is 3.66. The summed E-state index contributed by atoms with van der Waals surface area (Å²) in [5, 5.41) is 3.37. The van der Waals surface area contributed by atoms with E-state index in [0.717, 1.165) is 13.1 Å². The van der Waals surface area contributed by atoms with Crippen LogP contribution in [0.25, 0.3) is 0 Å². The molecule has 74 valence electrons. The van der Waals surface area contributed by atoms with Crippen LogP contribution >= 0.6 is 0 Å². The summed E-state index contributed by atoms with van der Waals surface area (Å²) in [5.74, 6) is 0. The molecule has 1 rings (SSSR count). The van der Waals surface area contributed by atoms with Crippen LogP contribution in [-0.2, 0) is 6.54 Å². The standard InChI is InChI=1S/C13H17N/c1-3-7-12(2)10-14-11-13-8-5-4-6-9-13/h3-9,14H,1,10-11H2,2H3/b12-7+. The van der Waals surface area contributed by atoms with Crippen molar-refractivity contribution >= 4 is 0 Å². The van der Waals surface area contributed by atoms with Gasteiger partial charge in [0.2, 0.25) is 0 Å². The van der Waals surface area contributed by atoms with Crippen LogP contribution in [0.5, 0.6) is 0 Å². The summed E-state index contributed by atoms with van der Waals surface area (Å²) in [6.45, 7) is 7.60. The van der Waals surface area contributed by atoms with Gasteiger partial charge in [-0.25, -0.2) is 0 Å². The van der Waals surface area contributed by atoms with E-state index < -0.39 is 0 Å². The lowest BCUT2D eigenvalue weighted by Crippen LogP contribution is -2.15. The molecule has 0 fully saturated rings. The molecule has 0 unspecified atom stereocenters. The van der Waals surface area contributed by atoms with Crippen LogP contribution in [0.1, 0.15) is 12.5 Å². The maximum Gasteiger partial charge on any atom is 0.0208 e. The Hall–Kier alpha value is -1.34. The van der Waals surface area contributed by atoms with Crippen molar-refractivity contribution in [1.29, 1.82) is 0 Å². The molecule has 1 aromatic carbocycles. The third-order valence-electron chi connectivity index (χ3n) is 1.98. The minimum atomic E-state index is 0.918. The predicted octanol–water partition coefficient (Wildman–Crippen LogP) is 2.91. The summed E-state index contributed by atoms with van der Waals surface area (Å²) in [6.07, 6.45) is 3.84. The van der Waals surface area contributed by atoms with Gasteiger partial charge in [-0.3, -0.25) is 0 Å². The first-order valence-electron chi connectivity index (χ1n) is 4.86. The summed E-state index contributed by atoms with van der Waals surface area (Å²) in [7, 11) is 0. The molecule has 1 N–H and O–H groups in total. The Kier molecular flexibility index (Phi) is 4.73. The molecular formula is C13H17N. The number of rotatable bonds is 5. The van der Waals surface area contributed by atoms with Crippen LogP contribution in [0.4, 0.5) is 0 Å². The molecule has 1 heteroatoms. The van der Waals surface area contributed by atoms with Gasteiger partial charge in [0.1, 0.15) is 0 Å². The Morgan fingerprint density at radius 1 is 1.36 bits per heavy atom. The van der Waals surface area contributed by atoms with Crippen LogP contribution in [0.3, 0.4) is 0 Å². The first-order valence-corrected chi connectivity index (χ1v) is 4.86. The second-order valence-electron chi connectivity index (χ2n) is 3.34. The molecule has 0 atom stereocenters. The van der Waals surface area contributed by atoms with E-state index in [4.69, 9.17) is 0 Å². The van der Waals surface area contributed by atoms with E-state index in [1.54, 1.807) is 0 Å². The van der Waals surface area contributed by atoms with E-state index >= 15 is 0 Å². The summed E-state index contributed by atoms with van der Waals surface area (Å²) in [4.78, 5) is 0. The molecule has 0 amide bonds. The largest absolute Gasteiger partial charge is 0.309 e. The lowest BCUT2D eigenvalue weighted by atomic mass is 10.2. The van der Waals surface area contributed by atoms with Crippen molar-refractivity contribution in [3.8, 4) is 0 Å². The van der Waals surface area contributed by atoms with Gasteiger partial charge in [-0.05, 0) is 12.5 Å². The molecule has 1 nitrogen and oxygen atoms in total. The van der Waals surface area contributed by atoms with Gasteiger partial charge < -0.3 is 5.32 Å². The first kappa shape index (κ1) is 10.7. The molecule has 1 aromatic rings. The van der Waals surface area contributed by atoms with Crippen molar-refractivity contribution in [2.75, 3.05) is 6.54 Å². The van der Waals surface area contributed by atoms with Gasteiger partial charge >= 0.3 is 0 Å². The van der Waals surface area contributed by atoms with Gasteiger partial charge in [-0.1, -0.05) is 54.6 Å². The van der Waals surface area contributed by atoms with Crippen LogP contribution in [0.15, 0.2) is 54.6 Å². The second-order valence-corrected chi connectivity index (χ2v) is 3.34. The molecule has 0 aliphatic heterocycles. The van der Waals surface area contributed by atoms with Crippen LogP contribution in [0, 0.1) is 0 Å². The monoisotopic (exact) mass is 187 g/mol. The molecule has 14 heavy (non-hydrogen) atoms. The van der Waals surface area contributed by atoms with Crippen LogP contribution < -0.4 is 5.32 Å². The van der Waals surface area contributed by atoms with E-state index in [1.807, 2.05) is 18.2 Å². The minimum absolute atomic E-state index is 0.918. The number of nitrogens with one attached hydrogen (secondary N) is 1. The molecule has 0 radical (unpaired) electrons.